The number of carbonyl (C=O) groups excluding carboxylic acids is 1. The quantitative estimate of drug-likeness (QED) is 0.829. The average Bonchev–Trinajstić information content (AvgIpc) is 2.40. The lowest BCUT2D eigenvalue weighted by Crippen LogP contribution is -2.28. The molecule has 0 amide bonds. The second-order valence-electron chi connectivity index (χ2n) is 4.43. The Morgan fingerprint density at radius 1 is 1.17 bits per heavy atom. The van der Waals surface area contributed by atoms with Crippen LogP contribution in [0.15, 0.2) is 35.2 Å². The minimum Gasteiger partial charge on any atom is -0.381 e. The summed E-state index contributed by atoms with van der Waals surface area (Å²) in [5.41, 5.74) is 0. The van der Waals surface area contributed by atoms with E-state index < -0.39 is 15.6 Å². The van der Waals surface area contributed by atoms with E-state index in [-0.39, 0.29) is 16.6 Å². The zero-order chi connectivity index (χ0) is 13.0. The summed E-state index contributed by atoms with van der Waals surface area (Å²) in [5, 5.41) is 0. The first-order valence-corrected chi connectivity index (χ1v) is 7.63. The Morgan fingerprint density at radius 2 is 1.78 bits per heavy atom. The van der Waals surface area contributed by atoms with Crippen LogP contribution in [-0.4, -0.2) is 33.2 Å². The molecule has 1 aliphatic heterocycles. The van der Waals surface area contributed by atoms with Gasteiger partial charge in [-0.2, -0.15) is 0 Å². The Kier molecular flexibility index (Phi) is 4.14. The van der Waals surface area contributed by atoms with Crippen LogP contribution in [-0.2, 0) is 19.4 Å². The molecule has 98 valence electrons. The molecule has 1 aromatic rings. The zero-order valence-corrected chi connectivity index (χ0v) is 10.9. The Balaban J connectivity index is 2.06. The highest BCUT2D eigenvalue weighted by Crippen LogP contribution is 2.18. The van der Waals surface area contributed by atoms with Gasteiger partial charge in [0.1, 0.15) is 5.75 Å². The van der Waals surface area contributed by atoms with Crippen LogP contribution in [0.3, 0.4) is 0 Å². The fourth-order valence-corrected chi connectivity index (χ4v) is 3.38. The Bertz CT molecular complexity index is 501. The highest BCUT2D eigenvalue weighted by Gasteiger charge is 2.26. The maximum absolute atomic E-state index is 12.0. The van der Waals surface area contributed by atoms with Crippen molar-refractivity contribution in [2.24, 2.45) is 5.92 Å². The van der Waals surface area contributed by atoms with Crippen LogP contribution in [0.2, 0.25) is 0 Å². The van der Waals surface area contributed by atoms with Gasteiger partial charge >= 0.3 is 0 Å². The smallest absolute Gasteiger partial charge is 0.185 e. The highest BCUT2D eigenvalue weighted by atomic mass is 32.2. The fourth-order valence-electron chi connectivity index (χ4n) is 2.04. The van der Waals surface area contributed by atoms with Gasteiger partial charge in [0.2, 0.25) is 0 Å². The van der Waals surface area contributed by atoms with Gasteiger partial charge < -0.3 is 4.74 Å². The number of rotatable bonds is 4. The fraction of sp³-hybridized carbons (Fsp3) is 0.462. The molecule has 1 heterocycles. The van der Waals surface area contributed by atoms with E-state index in [4.69, 9.17) is 4.74 Å². The Labute approximate surface area is 107 Å². The molecule has 0 unspecified atom stereocenters. The third kappa shape index (κ3) is 3.17. The normalized spacial score (nSPS) is 17.6. The number of sulfone groups is 1. The highest BCUT2D eigenvalue weighted by molar-refractivity contribution is 7.92. The maximum Gasteiger partial charge on any atom is 0.185 e. The first kappa shape index (κ1) is 13.2. The summed E-state index contributed by atoms with van der Waals surface area (Å²) in [6.07, 6.45) is 1.26. The molecule has 0 N–H and O–H groups in total. The molecule has 1 aromatic carbocycles. The van der Waals surface area contributed by atoms with E-state index >= 15 is 0 Å². The van der Waals surface area contributed by atoms with E-state index in [0.717, 1.165) is 0 Å². The summed E-state index contributed by atoms with van der Waals surface area (Å²) in [5.74, 6) is -0.763. The number of ether oxygens (including phenoxy) is 1. The van der Waals surface area contributed by atoms with Crippen LogP contribution in [0.1, 0.15) is 12.8 Å². The maximum atomic E-state index is 12.0. The first-order valence-electron chi connectivity index (χ1n) is 5.98. The number of hydrogen-bond acceptors (Lipinski definition) is 4. The van der Waals surface area contributed by atoms with Crippen LogP contribution >= 0.6 is 0 Å². The van der Waals surface area contributed by atoms with E-state index in [1.54, 1.807) is 18.2 Å². The number of benzene rings is 1. The van der Waals surface area contributed by atoms with Gasteiger partial charge in [0.05, 0.1) is 4.90 Å². The monoisotopic (exact) mass is 268 g/mol. The summed E-state index contributed by atoms with van der Waals surface area (Å²) >= 11 is 0. The van der Waals surface area contributed by atoms with Crippen LogP contribution in [0.25, 0.3) is 0 Å². The lowest BCUT2D eigenvalue weighted by Gasteiger charge is -2.20. The van der Waals surface area contributed by atoms with Crippen molar-refractivity contribution >= 4 is 15.6 Å². The minimum absolute atomic E-state index is 0.169. The van der Waals surface area contributed by atoms with Gasteiger partial charge in [-0.15, -0.1) is 0 Å². The van der Waals surface area contributed by atoms with E-state index in [0.29, 0.717) is 26.1 Å². The molecule has 18 heavy (non-hydrogen) atoms. The van der Waals surface area contributed by atoms with Crippen molar-refractivity contribution < 1.29 is 17.9 Å². The minimum atomic E-state index is -3.50. The summed E-state index contributed by atoms with van der Waals surface area (Å²) in [6.45, 7) is 1.09. The molecule has 0 bridgehead atoms. The van der Waals surface area contributed by atoms with Crippen molar-refractivity contribution in [3.63, 3.8) is 0 Å². The second kappa shape index (κ2) is 5.63. The van der Waals surface area contributed by atoms with Gasteiger partial charge in [0, 0.05) is 19.1 Å². The molecular weight excluding hydrogens is 252 g/mol. The van der Waals surface area contributed by atoms with Gasteiger partial charge in [-0.05, 0) is 25.0 Å². The molecule has 0 saturated carbocycles. The standard InChI is InChI=1S/C13H16O4S/c14-13(11-6-8-17-9-7-11)10-18(15,16)12-4-2-1-3-5-12/h1-5,11H,6-10H2. The van der Waals surface area contributed by atoms with E-state index in [1.165, 1.54) is 12.1 Å². The number of carbonyl (C=O) groups is 1. The Morgan fingerprint density at radius 3 is 2.39 bits per heavy atom. The van der Waals surface area contributed by atoms with Crippen LogP contribution < -0.4 is 0 Å². The SMILES string of the molecule is O=C(CS(=O)(=O)c1ccccc1)C1CCOCC1. The summed E-state index contributed by atoms with van der Waals surface area (Å²) in [7, 11) is -3.50. The third-order valence-electron chi connectivity index (χ3n) is 3.11. The molecular formula is C13H16O4S. The van der Waals surface area contributed by atoms with Gasteiger partial charge in [-0.1, -0.05) is 18.2 Å². The summed E-state index contributed by atoms with van der Waals surface area (Å²) in [4.78, 5) is 12.2. The van der Waals surface area contributed by atoms with E-state index in [2.05, 4.69) is 0 Å². The molecule has 0 aliphatic carbocycles. The molecule has 1 aliphatic rings. The lowest BCUT2D eigenvalue weighted by atomic mass is 9.96. The molecule has 1 fully saturated rings. The molecule has 5 heteroatoms. The molecule has 0 radical (unpaired) electrons. The van der Waals surface area contributed by atoms with Crippen molar-refractivity contribution in [2.75, 3.05) is 19.0 Å². The summed E-state index contributed by atoms with van der Waals surface area (Å²) in [6, 6.07) is 8.11. The topological polar surface area (TPSA) is 60.4 Å². The van der Waals surface area contributed by atoms with Gasteiger partial charge in [-0.25, -0.2) is 8.42 Å². The van der Waals surface area contributed by atoms with Crippen LogP contribution in [0.5, 0.6) is 0 Å². The van der Waals surface area contributed by atoms with Gasteiger partial charge in [-0.3, -0.25) is 4.79 Å². The number of Topliss-reactive ketones (excluding diaryl/α,β-unsaturated/α-hetero) is 1. The largest absolute Gasteiger partial charge is 0.381 e. The molecule has 0 aromatic heterocycles. The molecule has 1 saturated heterocycles. The molecule has 4 nitrogen and oxygen atoms in total. The number of ketones is 1. The van der Waals surface area contributed by atoms with Crippen molar-refractivity contribution in [2.45, 2.75) is 17.7 Å². The van der Waals surface area contributed by atoms with Crippen molar-refractivity contribution in [1.82, 2.24) is 0 Å². The molecule has 2 rings (SSSR count). The van der Waals surface area contributed by atoms with Crippen molar-refractivity contribution in [1.29, 1.82) is 0 Å². The van der Waals surface area contributed by atoms with E-state index in [9.17, 15) is 13.2 Å². The molecule has 0 atom stereocenters. The molecule has 0 spiro atoms. The van der Waals surface area contributed by atoms with Gasteiger partial charge in [0.15, 0.2) is 15.6 Å². The predicted octanol–water partition coefficient (Wildman–Crippen LogP) is 1.46. The van der Waals surface area contributed by atoms with Crippen molar-refractivity contribution in [3.05, 3.63) is 30.3 Å². The van der Waals surface area contributed by atoms with E-state index in [1.807, 2.05) is 0 Å². The van der Waals surface area contributed by atoms with Crippen LogP contribution in [0, 0.1) is 5.92 Å². The van der Waals surface area contributed by atoms with Crippen molar-refractivity contribution in [3.8, 4) is 0 Å². The van der Waals surface area contributed by atoms with Gasteiger partial charge in [0.25, 0.3) is 0 Å². The first-order chi connectivity index (χ1) is 8.59. The predicted molar refractivity (Wildman–Crippen MR) is 67.0 cm³/mol. The second-order valence-corrected chi connectivity index (χ2v) is 6.41. The lowest BCUT2D eigenvalue weighted by molar-refractivity contribution is -0.123. The third-order valence-corrected chi connectivity index (χ3v) is 4.77. The van der Waals surface area contributed by atoms with Crippen LogP contribution in [0.4, 0.5) is 0 Å². The summed E-state index contributed by atoms with van der Waals surface area (Å²) < 4.78 is 29.2. The Hall–Kier alpha value is -1.20. The average molecular weight is 268 g/mol. The zero-order valence-electron chi connectivity index (χ0n) is 10.0. The number of hydrogen-bond donors (Lipinski definition) is 0.